The van der Waals surface area contributed by atoms with Gasteiger partial charge in [0.15, 0.2) is 5.75 Å². The molecule has 0 aliphatic heterocycles. The maximum absolute atomic E-state index is 13.0. The van der Waals surface area contributed by atoms with E-state index in [0.717, 1.165) is 23.1 Å². The molecule has 17 heavy (non-hydrogen) atoms. The fourth-order valence-electron chi connectivity index (χ4n) is 1.30. The fraction of sp³-hybridized carbons (Fsp3) is 0.0909. The van der Waals surface area contributed by atoms with Gasteiger partial charge in [0.1, 0.15) is 12.4 Å². The van der Waals surface area contributed by atoms with Crippen LogP contribution in [0, 0.1) is 15.9 Å². The summed E-state index contributed by atoms with van der Waals surface area (Å²) in [4.78, 5) is 11.0. The number of nitrogens with zero attached hydrogens (tertiary/aromatic N) is 1. The van der Waals surface area contributed by atoms with Gasteiger partial charge in [-0.25, -0.2) is 4.39 Å². The molecule has 0 amide bonds. The Hall–Kier alpha value is -1.95. The second kappa shape index (κ2) is 4.92. The lowest BCUT2D eigenvalue weighted by atomic mass is 10.3. The van der Waals surface area contributed by atoms with Gasteiger partial charge in [-0.1, -0.05) is 6.07 Å². The SMILES string of the molecule is O=[N+]([O-])c1ccc(F)cc1OCc1cccs1. The van der Waals surface area contributed by atoms with Crippen molar-refractivity contribution in [1.82, 2.24) is 0 Å². The highest BCUT2D eigenvalue weighted by atomic mass is 32.1. The molecule has 0 bridgehead atoms. The van der Waals surface area contributed by atoms with E-state index in [1.807, 2.05) is 17.5 Å². The van der Waals surface area contributed by atoms with Gasteiger partial charge >= 0.3 is 5.69 Å². The number of thiophene rings is 1. The van der Waals surface area contributed by atoms with Gasteiger partial charge < -0.3 is 4.74 Å². The summed E-state index contributed by atoms with van der Waals surface area (Å²) in [5, 5.41) is 12.6. The molecule has 0 saturated carbocycles. The van der Waals surface area contributed by atoms with E-state index in [0.29, 0.717) is 0 Å². The van der Waals surface area contributed by atoms with Crippen molar-refractivity contribution in [2.24, 2.45) is 0 Å². The topological polar surface area (TPSA) is 52.4 Å². The Morgan fingerprint density at radius 1 is 1.41 bits per heavy atom. The molecule has 88 valence electrons. The van der Waals surface area contributed by atoms with Crippen LogP contribution in [-0.4, -0.2) is 4.92 Å². The van der Waals surface area contributed by atoms with Crippen molar-refractivity contribution >= 4 is 17.0 Å². The van der Waals surface area contributed by atoms with Crippen LogP contribution in [0.2, 0.25) is 0 Å². The average Bonchev–Trinajstić information content (AvgIpc) is 2.78. The zero-order valence-corrected chi connectivity index (χ0v) is 9.45. The second-order valence-corrected chi connectivity index (χ2v) is 4.27. The first kappa shape index (κ1) is 11.5. The van der Waals surface area contributed by atoms with Crippen LogP contribution in [0.1, 0.15) is 4.88 Å². The molecule has 0 spiro atoms. The third-order valence-electron chi connectivity index (χ3n) is 2.07. The summed E-state index contributed by atoms with van der Waals surface area (Å²) in [6.45, 7) is 0.196. The lowest BCUT2D eigenvalue weighted by Crippen LogP contribution is -1.98. The van der Waals surface area contributed by atoms with Crippen LogP contribution in [0.5, 0.6) is 5.75 Å². The van der Waals surface area contributed by atoms with Gasteiger partial charge in [0.25, 0.3) is 0 Å². The first-order valence-electron chi connectivity index (χ1n) is 4.76. The monoisotopic (exact) mass is 253 g/mol. The molecule has 0 atom stereocenters. The molecule has 0 unspecified atom stereocenters. The summed E-state index contributed by atoms with van der Waals surface area (Å²) in [5.74, 6) is -0.611. The predicted molar refractivity (Wildman–Crippen MR) is 61.7 cm³/mol. The minimum absolute atomic E-state index is 0.0524. The molecule has 1 heterocycles. The lowest BCUT2D eigenvalue weighted by molar-refractivity contribution is -0.386. The number of benzene rings is 1. The Bertz CT molecular complexity index is 528. The Kier molecular flexibility index (Phi) is 3.34. The molecule has 0 fully saturated rings. The lowest BCUT2D eigenvalue weighted by Gasteiger charge is -2.05. The molecule has 0 N–H and O–H groups in total. The van der Waals surface area contributed by atoms with Crippen molar-refractivity contribution in [1.29, 1.82) is 0 Å². The van der Waals surface area contributed by atoms with E-state index < -0.39 is 10.7 Å². The van der Waals surface area contributed by atoms with Crippen molar-refractivity contribution in [3.8, 4) is 5.75 Å². The number of nitro groups is 1. The molecule has 0 radical (unpaired) electrons. The number of rotatable bonds is 4. The van der Waals surface area contributed by atoms with E-state index in [1.54, 1.807) is 0 Å². The molecule has 0 aliphatic rings. The maximum Gasteiger partial charge on any atom is 0.311 e. The second-order valence-electron chi connectivity index (χ2n) is 3.24. The Morgan fingerprint density at radius 2 is 2.24 bits per heavy atom. The van der Waals surface area contributed by atoms with E-state index in [2.05, 4.69) is 0 Å². The van der Waals surface area contributed by atoms with E-state index in [-0.39, 0.29) is 18.0 Å². The van der Waals surface area contributed by atoms with Crippen LogP contribution in [0.25, 0.3) is 0 Å². The van der Waals surface area contributed by atoms with Crippen LogP contribution in [-0.2, 0) is 6.61 Å². The normalized spacial score (nSPS) is 10.2. The van der Waals surface area contributed by atoms with Gasteiger partial charge in [-0.05, 0) is 17.5 Å². The van der Waals surface area contributed by atoms with Gasteiger partial charge in [-0.2, -0.15) is 0 Å². The largest absolute Gasteiger partial charge is 0.481 e. The highest BCUT2D eigenvalue weighted by Gasteiger charge is 2.15. The number of hydrogen-bond donors (Lipinski definition) is 0. The standard InChI is InChI=1S/C11H8FNO3S/c12-8-3-4-10(13(14)15)11(6-8)16-7-9-2-1-5-17-9/h1-6H,7H2. The van der Waals surface area contributed by atoms with Crippen molar-refractivity contribution in [2.75, 3.05) is 0 Å². The van der Waals surface area contributed by atoms with Crippen molar-refractivity contribution in [3.63, 3.8) is 0 Å². The maximum atomic E-state index is 13.0. The summed E-state index contributed by atoms with van der Waals surface area (Å²) >= 11 is 1.47. The van der Waals surface area contributed by atoms with E-state index in [4.69, 9.17) is 4.74 Å². The quantitative estimate of drug-likeness (QED) is 0.620. The summed E-state index contributed by atoms with van der Waals surface area (Å²) in [6, 6.07) is 6.85. The molecular formula is C11H8FNO3S. The molecular weight excluding hydrogens is 245 g/mol. The highest BCUT2D eigenvalue weighted by Crippen LogP contribution is 2.28. The third kappa shape index (κ3) is 2.79. The first-order chi connectivity index (χ1) is 8.16. The molecule has 2 aromatic rings. The molecule has 0 aliphatic carbocycles. The van der Waals surface area contributed by atoms with Crippen LogP contribution in [0.4, 0.5) is 10.1 Å². The van der Waals surface area contributed by atoms with Crippen molar-refractivity contribution < 1.29 is 14.1 Å². The van der Waals surface area contributed by atoms with E-state index in [9.17, 15) is 14.5 Å². The minimum Gasteiger partial charge on any atom is -0.481 e. The van der Waals surface area contributed by atoms with Gasteiger partial charge in [0.05, 0.1) is 4.92 Å². The molecule has 0 saturated heterocycles. The molecule has 2 rings (SSSR count). The number of halogens is 1. The number of hydrogen-bond acceptors (Lipinski definition) is 4. The van der Waals surface area contributed by atoms with Crippen LogP contribution >= 0.6 is 11.3 Å². The zero-order chi connectivity index (χ0) is 12.3. The fourth-order valence-corrected chi connectivity index (χ4v) is 1.91. The first-order valence-corrected chi connectivity index (χ1v) is 5.64. The average molecular weight is 253 g/mol. The molecule has 6 heteroatoms. The van der Waals surface area contributed by atoms with Crippen molar-refractivity contribution in [3.05, 3.63) is 56.5 Å². The summed E-state index contributed by atoms with van der Waals surface area (Å²) in [5.41, 5.74) is -0.233. The van der Waals surface area contributed by atoms with Gasteiger partial charge in [-0.15, -0.1) is 11.3 Å². The van der Waals surface area contributed by atoms with Crippen LogP contribution in [0.15, 0.2) is 35.7 Å². The van der Waals surface area contributed by atoms with Crippen LogP contribution < -0.4 is 4.74 Å². The molecule has 1 aromatic heterocycles. The summed E-state index contributed by atoms with van der Waals surface area (Å²) in [7, 11) is 0. The Labute approximate surface area is 100 Å². The van der Waals surface area contributed by atoms with Gasteiger partial charge in [0, 0.05) is 17.0 Å². The predicted octanol–water partition coefficient (Wildman–Crippen LogP) is 3.37. The van der Waals surface area contributed by atoms with Gasteiger partial charge in [0.2, 0.25) is 0 Å². The van der Waals surface area contributed by atoms with Gasteiger partial charge in [-0.3, -0.25) is 10.1 Å². The third-order valence-corrected chi connectivity index (χ3v) is 2.92. The Morgan fingerprint density at radius 3 is 2.88 bits per heavy atom. The number of ether oxygens (including phenoxy) is 1. The summed E-state index contributed by atoms with van der Waals surface area (Å²) < 4.78 is 18.2. The van der Waals surface area contributed by atoms with E-state index in [1.165, 1.54) is 11.3 Å². The number of nitro benzene ring substituents is 1. The summed E-state index contributed by atoms with van der Waals surface area (Å²) in [6.07, 6.45) is 0. The van der Waals surface area contributed by atoms with Crippen LogP contribution in [0.3, 0.4) is 0 Å². The van der Waals surface area contributed by atoms with Crippen molar-refractivity contribution in [2.45, 2.75) is 6.61 Å². The smallest absolute Gasteiger partial charge is 0.311 e. The highest BCUT2D eigenvalue weighted by molar-refractivity contribution is 7.09. The zero-order valence-electron chi connectivity index (χ0n) is 8.63. The molecule has 1 aromatic carbocycles. The Balaban J connectivity index is 2.19. The van der Waals surface area contributed by atoms with E-state index >= 15 is 0 Å². The molecule has 4 nitrogen and oxygen atoms in total. The minimum atomic E-state index is -0.594.